The van der Waals surface area contributed by atoms with Crippen molar-refractivity contribution in [3.8, 4) is 0 Å². The van der Waals surface area contributed by atoms with Crippen molar-refractivity contribution in [1.29, 1.82) is 0 Å². The smallest absolute Gasteiger partial charge is 0.0545 e. The van der Waals surface area contributed by atoms with Gasteiger partial charge in [0.05, 0.1) is 6.04 Å². The number of hydrogen-bond acceptors (Lipinski definition) is 4. The average Bonchev–Trinajstić information content (AvgIpc) is 3.43. The van der Waals surface area contributed by atoms with Crippen LogP contribution in [0.4, 0.5) is 0 Å². The van der Waals surface area contributed by atoms with Gasteiger partial charge in [-0.15, -0.1) is 0 Å². The molecule has 0 spiro atoms. The SMILES string of the molecule is CC1=CC2CC2C2NC=C(c3cc4c(c([C@@H]5CCCN5)c3)CCN(C3CCOCC3)C4)C=C12. The van der Waals surface area contributed by atoms with Crippen LogP contribution in [0.15, 0.2) is 41.6 Å². The fourth-order valence-corrected chi connectivity index (χ4v) is 7.22. The molecule has 174 valence electrons. The van der Waals surface area contributed by atoms with E-state index in [1.807, 2.05) is 0 Å². The van der Waals surface area contributed by atoms with E-state index in [0.29, 0.717) is 18.1 Å². The van der Waals surface area contributed by atoms with Crippen molar-refractivity contribution in [3.05, 3.63) is 63.9 Å². The van der Waals surface area contributed by atoms with Crippen molar-refractivity contribution in [2.24, 2.45) is 11.8 Å². The number of hydrogen-bond donors (Lipinski definition) is 2. The summed E-state index contributed by atoms with van der Waals surface area (Å²) in [5, 5.41) is 7.61. The van der Waals surface area contributed by atoms with E-state index in [1.54, 1.807) is 16.7 Å². The first kappa shape index (κ1) is 20.5. The summed E-state index contributed by atoms with van der Waals surface area (Å²) in [5.74, 6) is 1.63. The monoisotopic (exact) mass is 443 g/mol. The van der Waals surface area contributed by atoms with Gasteiger partial charge in [-0.3, -0.25) is 4.90 Å². The van der Waals surface area contributed by atoms with E-state index in [4.69, 9.17) is 4.74 Å². The summed E-state index contributed by atoms with van der Waals surface area (Å²) in [6.45, 7) is 7.60. The quantitative estimate of drug-likeness (QED) is 0.722. The minimum absolute atomic E-state index is 0.523. The third kappa shape index (κ3) is 3.62. The molecule has 2 aliphatic carbocycles. The van der Waals surface area contributed by atoms with Crippen LogP contribution in [0.2, 0.25) is 0 Å². The molecule has 33 heavy (non-hydrogen) atoms. The van der Waals surface area contributed by atoms with Gasteiger partial charge < -0.3 is 15.4 Å². The number of nitrogens with one attached hydrogen (secondary N) is 2. The van der Waals surface area contributed by atoms with Gasteiger partial charge in [0.25, 0.3) is 0 Å². The summed E-state index contributed by atoms with van der Waals surface area (Å²) in [5.41, 5.74) is 10.5. The molecule has 6 aliphatic rings. The van der Waals surface area contributed by atoms with Crippen LogP contribution in [0, 0.1) is 11.8 Å². The first-order chi connectivity index (χ1) is 16.2. The second-order valence-corrected chi connectivity index (χ2v) is 11.2. The second-order valence-electron chi connectivity index (χ2n) is 11.2. The Morgan fingerprint density at radius 1 is 1.12 bits per heavy atom. The Labute approximate surface area is 198 Å². The first-order valence-electron chi connectivity index (χ1n) is 13.3. The van der Waals surface area contributed by atoms with Crippen molar-refractivity contribution in [2.75, 3.05) is 26.3 Å². The Kier molecular flexibility index (Phi) is 5.04. The number of nitrogens with zero attached hydrogens (tertiary/aromatic N) is 1. The molecular formula is C29H37N3O. The summed E-state index contributed by atoms with van der Waals surface area (Å²) in [7, 11) is 0. The molecular weight excluding hydrogens is 406 g/mol. The van der Waals surface area contributed by atoms with Gasteiger partial charge in [0.1, 0.15) is 0 Å². The van der Waals surface area contributed by atoms with Gasteiger partial charge in [-0.1, -0.05) is 6.08 Å². The van der Waals surface area contributed by atoms with E-state index in [0.717, 1.165) is 38.1 Å². The van der Waals surface area contributed by atoms with Crippen molar-refractivity contribution >= 4 is 5.57 Å². The molecule has 3 fully saturated rings. The molecule has 1 saturated carbocycles. The highest BCUT2D eigenvalue weighted by Gasteiger charge is 2.46. The molecule has 0 aromatic heterocycles. The minimum Gasteiger partial charge on any atom is -0.383 e. The molecule has 4 aliphatic heterocycles. The lowest BCUT2D eigenvalue weighted by molar-refractivity contribution is 0.0290. The average molecular weight is 444 g/mol. The molecule has 4 heteroatoms. The van der Waals surface area contributed by atoms with E-state index >= 15 is 0 Å². The molecule has 1 aromatic carbocycles. The molecule has 2 saturated heterocycles. The van der Waals surface area contributed by atoms with Gasteiger partial charge in [0.15, 0.2) is 0 Å². The number of dihydropyridines is 1. The third-order valence-corrected chi connectivity index (χ3v) is 9.18. The standard InChI is InChI=1S/C29H37N3O/c1-18-11-20-14-26(20)29-25(18)15-21(16-31-29)19-12-22-17-32(23-5-9-33-10-6-23)8-4-24(22)27(13-19)28-3-2-7-30-28/h11-13,15-16,20,23,26,28-31H,2-10,14,17H2,1H3/t20?,26?,28-,29?/m0/s1. The molecule has 0 bridgehead atoms. The molecule has 4 atom stereocenters. The minimum atomic E-state index is 0.523. The zero-order valence-electron chi connectivity index (χ0n) is 19.9. The van der Waals surface area contributed by atoms with Gasteiger partial charge in [-0.05, 0) is 121 Å². The summed E-state index contributed by atoms with van der Waals surface area (Å²) >= 11 is 0. The largest absolute Gasteiger partial charge is 0.383 e. The summed E-state index contributed by atoms with van der Waals surface area (Å²) in [6, 6.07) is 6.78. The van der Waals surface area contributed by atoms with Crippen LogP contribution in [-0.2, 0) is 17.7 Å². The summed E-state index contributed by atoms with van der Waals surface area (Å²) in [6.07, 6.45) is 14.8. The number of benzene rings is 1. The van der Waals surface area contributed by atoms with Crippen molar-refractivity contribution in [1.82, 2.24) is 15.5 Å². The second kappa shape index (κ2) is 8.11. The first-order valence-corrected chi connectivity index (χ1v) is 13.3. The number of fused-ring (bicyclic) bond motifs is 4. The van der Waals surface area contributed by atoms with Crippen LogP contribution in [0.3, 0.4) is 0 Å². The van der Waals surface area contributed by atoms with Gasteiger partial charge in [-0.25, -0.2) is 0 Å². The van der Waals surface area contributed by atoms with Crippen LogP contribution in [0.25, 0.3) is 5.57 Å². The lowest BCUT2D eigenvalue weighted by Gasteiger charge is -2.39. The van der Waals surface area contributed by atoms with Gasteiger partial charge in [-0.2, -0.15) is 0 Å². The molecule has 7 rings (SSSR count). The highest BCUT2D eigenvalue weighted by molar-refractivity contribution is 5.79. The van der Waals surface area contributed by atoms with Crippen LogP contribution in [0.5, 0.6) is 0 Å². The fraction of sp³-hybridized carbons (Fsp3) is 0.586. The molecule has 2 N–H and O–H groups in total. The van der Waals surface area contributed by atoms with Crippen LogP contribution in [-0.4, -0.2) is 43.3 Å². The number of ether oxygens (including phenoxy) is 1. The zero-order chi connectivity index (χ0) is 21.9. The maximum absolute atomic E-state index is 5.65. The highest BCUT2D eigenvalue weighted by atomic mass is 16.5. The lowest BCUT2D eigenvalue weighted by atomic mass is 9.83. The zero-order valence-corrected chi connectivity index (χ0v) is 19.9. The molecule has 3 unspecified atom stereocenters. The molecule has 0 amide bonds. The van der Waals surface area contributed by atoms with E-state index < -0.39 is 0 Å². The Balaban J connectivity index is 1.25. The highest BCUT2D eigenvalue weighted by Crippen LogP contribution is 2.51. The van der Waals surface area contributed by atoms with Crippen molar-refractivity contribution in [2.45, 2.75) is 70.1 Å². The van der Waals surface area contributed by atoms with Crippen LogP contribution >= 0.6 is 0 Å². The summed E-state index contributed by atoms with van der Waals surface area (Å²) < 4.78 is 5.65. The predicted molar refractivity (Wildman–Crippen MR) is 133 cm³/mol. The predicted octanol–water partition coefficient (Wildman–Crippen LogP) is 4.48. The number of rotatable bonds is 3. The Morgan fingerprint density at radius 3 is 2.88 bits per heavy atom. The maximum atomic E-state index is 5.65. The summed E-state index contributed by atoms with van der Waals surface area (Å²) in [4.78, 5) is 2.74. The Bertz CT molecular complexity index is 1040. The van der Waals surface area contributed by atoms with Crippen LogP contribution in [0.1, 0.15) is 67.3 Å². The van der Waals surface area contributed by atoms with E-state index in [-0.39, 0.29) is 0 Å². The van der Waals surface area contributed by atoms with E-state index in [1.165, 1.54) is 67.4 Å². The Morgan fingerprint density at radius 2 is 2.03 bits per heavy atom. The van der Waals surface area contributed by atoms with E-state index in [2.05, 4.69) is 52.9 Å². The lowest BCUT2D eigenvalue weighted by Crippen LogP contribution is -2.42. The fourth-order valence-electron chi connectivity index (χ4n) is 7.22. The maximum Gasteiger partial charge on any atom is 0.0545 e. The van der Waals surface area contributed by atoms with Crippen molar-refractivity contribution in [3.63, 3.8) is 0 Å². The molecule has 4 nitrogen and oxygen atoms in total. The molecule has 0 radical (unpaired) electrons. The van der Waals surface area contributed by atoms with E-state index in [9.17, 15) is 0 Å². The molecule has 4 heterocycles. The normalized spacial score (nSPS) is 33.8. The topological polar surface area (TPSA) is 36.5 Å². The van der Waals surface area contributed by atoms with Crippen molar-refractivity contribution < 1.29 is 4.74 Å². The Hall–Kier alpha value is -1.88. The molecule has 1 aromatic rings. The van der Waals surface area contributed by atoms with Gasteiger partial charge in [0.2, 0.25) is 0 Å². The van der Waals surface area contributed by atoms with Gasteiger partial charge in [0, 0.05) is 44.6 Å². The third-order valence-electron chi connectivity index (χ3n) is 9.18. The van der Waals surface area contributed by atoms with Gasteiger partial charge >= 0.3 is 0 Å². The van der Waals surface area contributed by atoms with Crippen LogP contribution < -0.4 is 10.6 Å². The number of allylic oxidation sites excluding steroid dienone is 3.